The van der Waals surface area contributed by atoms with Crippen LogP contribution >= 0.6 is 24.4 Å². The smallest absolute Gasteiger partial charge is 0.0232 e. The van der Waals surface area contributed by atoms with Crippen LogP contribution in [-0.2, 0) is 5.75 Å². The molecule has 2 heteroatoms. The third kappa shape index (κ3) is 3.05. The molecule has 0 radical (unpaired) electrons. The first-order valence-electron chi connectivity index (χ1n) is 4.81. The molecule has 0 aromatic heterocycles. The average molecular weight is 232 g/mol. The summed E-state index contributed by atoms with van der Waals surface area (Å²) >= 11 is 6.25. The quantitative estimate of drug-likeness (QED) is 0.609. The second-order valence-electron chi connectivity index (χ2n) is 3.24. The molecule has 0 heterocycles. The van der Waals surface area contributed by atoms with Crippen LogP contribution in [0.3, 0.4) is 0 Å². The highest BCUT2D eigenvalue weighted by atomic mass is 32.2. The predicted octanol–water partition coefficient (Wildman–Crippen LogP) is 4.27. The van der Waals surface area contributed by atoms with E-state index in [1.807, 2.05) is 36.0 Å². The van der Waals surface area contributed by atoms with Crippen molar-refractivity contribution in [3.63, 3.8) is 0 Å². The minimum atomic E-state index is 0.998. The van der Waals surface area contributed by atoms with Gasteiger partial charge < -0.3 is 0 Å². The van der Waals surface area contributed by atoms with E-state index in [0.29, 0.717) is 0 Å². The number of hydrogen-bond acceptors (Lipinski definition) is 2. The molecule has 0 saturated heterocycles. The zero-order valence-electron chi connectivity index (χ0n) is 8.26. The Morgan fingerprint density at radius 3 is 2.27 bits per heavy atom. The van der Waals surface area contributed by atoms with E-state index in [0.717, 1.165) is 10.6 Å². The first-order chi connectivity index (χ1) is 7.36. The molecule has 0 aliphatic carbocycles. The Bertz CT molecular complexity index is 424. The van der Waals surface area contributed by atoms with Crippen molar-refractivity contribution in [2.45, 2.75) is 15.5 Å². The van der Waals surface area contributed by atoms with E-state index < -0.39 is 0 Å². The Hall–Kier alpha value is -0.860. The van der Waals surface area contributed by atoms with Crippen molar-refractivity contribution in [1.82, 2.24) is 0 Å². The number of hydrogen-bond donors (Lipinski definition) is 1. The van der Waals surface area contributed by atoms with Gasteiger partial charge in [-0.3, -0.25) is 0 Å². The maximum Gasteiger partial charge on any atom is 0.0232 e. The van der Waals surface area contributed by atoms with Crippen molar-refractivity contribution in [3.8, 4) is 0 Å². The Labute approximate surface area is 100 Å². The predicted molar refractivity (Wildman–Crippen MR) is 69.7 cm³/mol. The maximum atomic E-state index is 4.42. The molecule has 0 aliphatic rings. The van der Waals surface area contributed by atoms with Crippen molar-refractivity contribution in [2.24, 2.45) is 0 Å². The topological polar surface area (TPSA) is 0 Å². The van der Waals surface area contributed by atoms with Gasteiger partial charge in [0.1, 0.15) is 0 Å². The lowest BCUT2D eigenvalue weighted by Crippen LogP contribution is -1.80. The van der Waals surface area contributed by atoms with Gasteiger partial charge in [-0.2, -0.15) is 0 Å². The third-order valence-electron chi connectivity index (χ3n) is 2.10. The number of benzene rings is 2. The highest BCUT2D eigenvalue weighted by Crippen LogP contribution is 2.27. The summed E-state index contributed by atoms with van der Waals surface area (Å²) in [4.78, 5) is 2.29. The molecule has 0 nitrogen and oxygen atoms in total. The summed E-state index contributed by atoms with van der Waals surface area (Å²) in [5.41, 5.74) is 1.35. The van der Waals surface area contributed by atoms with Gasteiger partial charge in [0.05, 0.1) is 0 Å². The molecule has 0 aliphatic heterocycles. The molecular formula is C13H12S2. The van der Waals surface area contributed by atoms with Gasteiger partial charge in [0, 0.05) is 15.5 Å². The molecule has 0 amide bonds. The molecule has 0 saturated carbocycles. The summed E-state index contributed by atoms with van der Waals surface area (Å²) in [5, 5.41) is 0. The van der Waals surface area contributed by atoms with Crippen LogP contribution in [0.15, 0.2) is 64.4 Å². The second kappa shape index (κ2) is 5.29. The van der Waals surface area contributed by atoms with E-state index in [9.17, 15) is 0 Å². The van der Waals surface area contributed by atoms with Crippen molar-refractivity contribution in [1.29, 1.82) is 0 Å². The van der Waals surface area contributed by atoms with E-state index in [2.05, 4.69) is 43.0 Å². The van der Waals surface area contributed by atoms with Gasteiger partial charge in [0.15, 0.2) is 0 Å². The fourth-order valence-corrected chi connectivity index (χ4v) is 2.57. The van der Waals surface area contributed by atoms with Crippen LogP contribution in [0.2, 0.25) is 0 Å². The lowest BCUT2D eigenvalue weighted by Gasteiger charge is -2.04. The van der Waals surface area contributed by atoms with Crippen LogP contribution in [0.25, 0.3) is 0 Å². The number of thiol groups is 1. The Morgan fingerprint density at radius 2 is 1.53 bits per heavy atom. The van der Waals surface area contributed by atoms with E-state index in [4.69, 9.17) is 0 Å². The number of rotatable bonds is 3. The van der Waals surface area contributed by atoms with Gasteiger partial charge in [0.2, 0.25) is 0 Å². The minimum absolute atomic E-state index is 0.998. The van der Waals surface area contributed by atoms with Gasteiger partial charge >= 0.3 is 0 Å². The molecule has 76 valence electrons. The van der Waals surface area contributed by atoms with E-state index in [1.165, 1.54) is 10.5 Å². The van der Waals surface area contributed by atoms with Gasteiger partial charge in [0.25, 0.3) is 0 Å². The summed E-state index contributed by atoms with van der Waals surface area (Å²) in [7, 11) is 0. The van der Waals surface area contributed by atoms with Crippen LogP contribution in [0, 0.1) is 0 Å². The number of thioether (sulfide) groups is 1. The largest absolute Gasteiger partial charge is 0.142 e. The van der Waals surface area contributed by atoms with Gasteiger partial charge in [-0.05, 0) is 17.7 Å². The molecule has 0 bridgehead atoms. The minimum Gasteiger partial charge on any atom is -0.142 e. The zero-order valence-corrected chi connectivity index (χ0v) is 9.97. The molecular weight excluding hydrogens is 220 g/mol. The fourth-order valence-electron chi connectivity index (χ4n) is 1.31. The second-order valence-corrected chi connectivity index (χ2v) is 4.74. The fraction of sp³-hybridized carbons (Fsp3) is 0.0769. The van der Waals surface area contributed by atoms with Gasteiger partial charge in [-0.25, -0.2) is 0 Å². The van der Waals surface area contributed by atoms with Crippen molar-refractivity contribution in [3.05, 3.63) is 60.2 Å². The summed E-state index contributed by atoms with van der Waals surface area (Å²) in [6, 6.07) is 18.7. The molecule has 2 aromatic carbocycles. The molecule has 2 rings (SSSR count). The first kappa shape index (κ1) is 10.7. The summed E-state index contributed by atoms with van der Waals surface area (Å²) in [6.07, 6.45) is 0. The standard InChI is InChI=1S/C13H12S2/c14-12-8-4-5-9-13(12)15-10-11-6-2-1-3-7-11/h1-9,14H,10H2. The monoisotopic (exact) mass is 232 g/mol. The first-order valence-corrected chi connectivity index (χ1v) is 6.24. The highest BCUT2D eigenvalue weighted by molar-refractivity contribution is 7.99. The highest BCUT2D eigenvalue weighted by Gasteiger charge is 1.98. The summed E-state index contributed by atoms with van der Waals surface area (Å²) in [6.45, 7) is 0. The SMILES string of the molecule is Sc1ccccc1SCc1ccccc1. The van der Waals surface area contributed by atoms with Crippen molar-refractivity contribution in [2.75, 3.05) is 0 Å². The van der Waals surface area contributed by atoms with Crippen LogP contribution in [0.5, 0.6) is 0 Å². The van der Waals surface area contributed by atoms with Crippen molar-refractivity contribution >= 4 is 24.4 Å². The van der Waals surface area contributed by atoms with Gasteiger partial charge in [-0.1, -0.05) is 42.5 Å². The molecule has 0 spiro atoms. The van der Waals surface area contributed by atoms with Crippen LogP contribution in [-0.4, -0.2) is 0 Å². The van der Waals surface area contributed by atoms with Crippen molar-refractivity contribution < 1.29 is 0 Å². The molecule has 2 aromatic rings. The Balaban J connectivity index is 2.03. The Morgan fingerprint density at radius 1 is 0.867 bits per heavy atom. The van der Waals surface area contributed by atoms with Crippen LogP contribution in [0.1, 0.15) is 5.56 Å². The molecule has 15 heavy (non-hydrogen) atoms. The van der Waals surface area contributed by atoms with Crippen LogP contribution < -0.4 is 0 Å². The molecule has 0 fully saturated rings. The third-order valence-corrected chi connectivity index (χ3v) is 3.79. The summed E-state index contributed by atoms with van der Waals surface area (Å²) in [5.74, 6) is 0.998. The van der Waals surface area contributed by atoms with E-state index in [-0.39, 0.29) is 0 Å². The van der Waals surface area contributed by atoms with E-state index >= 15 is 0 Å². The lowest BCUT2D eigenvalue weighted by molar-refractivity contribution is 1.25. The lowest BCUT2D eigenvalue weighted by atomic mass is 10.2. The van der Waals surface area contributed by atoms with Gasteiger partial charge in [-0.15, -0.1) is 24.4 Å². The molecule has 0 atom stereocenters. The van der Waals surface area contributed by atoms with Crippen LogP contribution in [0.4, 0.5) is 0 Å². The maximum absolute atomic E-state index is 4.42. The average Bonchev–Trinajstić information content (AvgIpc) is 2.29. The normalized spacial score (nSPS) is 10.2. The van der Waals surface area contributed by atoms with E-state index in [1.54, 1.807) is 0 Å². The molecule has 0 unspecified atom stereocenters. The molecule has 0 N–H and O–H groups in total. The Kier molecular flexibility index (Phi) is 3.75. The zero-order chi connectivity index (χ0) is 10.5. The summed E-state index contributed by atoms with van der Waals surface area (Å²) < 4.78 is 0.